The van der Waals surface area contributed by atoms with Crippen LogP contribution in [0.4, 0.5) is 0 Å². The first-order chi connectivity index (χ1) is 6.08. The smallest absolute Gasteiger partial charge is 0.320 e. The summed E-state index contributed by atoms with van der Waals surface area (Å²) in [5, 5.41) is 11.5. The van der Waals surface area contributed by atoms with E-state index >= 15 is 0 Å². The van der Waals surface area contributed by atoms with Crippen LogP contribution in [0.2, 0.25) is 0 Å². The molecule has 13 heavy (non-hydrogen) atoms. The quantitative estimate of drug-likeness (QED) is 0.515. The van der Waals surface area contributed by atoms with Crippen molar-refractivity contribution in [3.63, 3.8) is 0 Å². The highest BCUT2D eigenvalue weighted by molar-refractivity contribution is 5.94. The molecule has 0 aliphatic carbocycles. The maximum atomic E-state index is 11.3. The fraction of sp³-hybridized carbons (Fsp3) is 0.750. The summed E-state index contributed by atoms with van der Waals surface area (Å²) in [7, 11) is 1.71. The molecule has 2 N–H and O–H groups in total. The van der Waals surface area contributed by atoms with Crippen LogP contribution in [0.25, 0.3) is 0 Å². The highest BCUT2D eigenvalue weighted by atomic mass is 16.4. The van der Waals surface area contributed by atoms with Gasteiger partial charge in [-0.1, -0.05) is 0 Å². The Labute approximate surface area is 75.7 Å². The first-order valence-electron chi connectivity index (χ1n) is 4.32. The van der Waals surface area contributed by atoms with Crippen molar-refractivity contribution in [1.82, 2.24) is 10.2 Å². The molecule has 2 aliphatic rings. The molecule has 2 aliphatic heterocycles. The van der Waals surface area contributed by atoms with E-state index in [1.807, 2.05) is 0 Å². The van der Waals surface area contributed by atoms with Crippen molar-refractivity contribution >= 4 is 11.9 Å². The SMILES string of the molecule is CN1C(C(=O)O)CCC12CNC2=O. The summed E-state index contributed by atoms with van der Waals surface area (Å²) in [5.41, 5.74) is -0.511. The predicted molar refractivity (Wildman–Crippen MR) is 44.2 cm³/mol. The van der Waals surface area contributed by atoms with Crippen molar-refractivity contribution in [2.45, 2.75) is 24.4 Å². The number of likely N-dealkylation sites (tertiary alicyclic amines) is 1. The Balaban J connectivity index is 2.19. The highest BCUT2D eigenvalue weighted by Gasteiger charge is 2.56. The molecule has 0 radical (unpaired) electrons. The second kappa shape index (κ2) is 2.45. The number of carbonyl (C=O) groups excluding carboxylic acids is 1. The lowest BCUT2D eigenvalue weighted by Crippen LogP contribution is -2.70. The van der Waals surface area contributed by atoms with Crippen LogP contribution >= 0.6 is 0 Å². The maximum absolute atomic E-state index is 11.3. The number of carboxylic acid groups (broad SMARTS) is 1. The monoisotopic (exact) mass is 184 g/mol. The summed E-state index contributed by atoms with van der Waals surface area (Å²) in [6, 6.07) is -0.494. The van der Waals surface area contributed by atoms with E-state index in [-0.39, 0.29) is 5.91 Å². The summed E-state index contributed by atoms with van der Waals surface area (Å²) < 4.78 is 0. The third-order valence-corrected chi connectivity index (χ3v) is 3.22. The zero-order valence-electron chi connectivity index (χ0n) is 7.41. The molecule has 2 heterocycles. The Hall–Kier alpha value is -1.10. The van der Waals surface area contributed by atoms with Crippen LogP contribution in [-0.4, -0.2) is 47.1 Å². The lowest BCUT2D eigenvalue weighted by Gasteiger charge is -2.43. The van der Waals surface area contributed by atoms with E-state index < -0.39 is 17.6 Å². The second-order valence-electron chi connectivity index (χ2n) is 3.72. The lowest BCUT2D eigenvalue weighted by atomic mass is 9.89. The summed E-state index contributed by atoms with van der Waals surface area (Å²) in [4.78, 5) is 23.7. The second-order valence-corrected chi connectivity index (χ2v) is 3.72. The van der Waals surface area contributed by atoms with Crippen molar-refractivity contribution in [1.29, 1.82) is 0 Å². The first-order valence-corrected chi connectivity index (χ1v) is 4.32. The maximum Gasteiger partial charge on any atom is 0.320 e. The molecule has 1 amide bonds. The third kappa shape index (κ3) is 0.904. The number of carbonyl (C=O) groups is 2. The molecule has 0 aromatic carbocycles. The lowest BCUT2D eigenvalue weighted by molar-refractivity contribution is -0.148. The first kappa shape index (κ1) is 8.50. The van der Waals surface area contributed by atoms with Gasteiger partial charge in [0.05, 0.1) is 0 Å². The number of nitrogens with zero attached hydrogens (tertiary/aromatic N) is 1. The van der Waals surface area contributed by atoms with Crippen LogP contribution in [0.1, 0.15) is 12.8 Å². The number of hydrogen-bond donors (Lipinski definition) is 2. The van der Waals surface area contributed by atoms with E-state index in [4.69, 9.17) is 5.11 Å². The molecule has 0 aromatic rings. The number of aliphatic carboxylic acids is 1. The van der Waals surface area contributed by atoms with Crippen molar-refractivity contribution in [2.24, 2.45) is 0 Å². The molecule has 2 saturated heterocycles. The van der Waals surface area contributed by atoms with Gasteiger partial charge in [-0.3, -0.25) is 14.5 Å². The molecule has 2 rings (SSSR count). The van der Waals surface area contributed by atoms with Crippen molar-refractivity contribution in [3.8, 4) is 0 Å². The van der Waals surface area contributed by atoms with Gasteiger partial charge in [-0.05, 0) is 19.9 Å². The molecule has 0 aromatic heterocycles. The number of nitrogens with one attached hydrogen (secondary N) is 1. The highest BCUT2D eigenvalue weighted by Crippen LogP contribution is 2.36. The zero-order valence-corrected chi connectivity index (χ0v) is 7.41. The van der Waals surface area contributed by atoms with E-state index in [1.165, 1.54) is 0 Å². The Morgan fingerprint density at radius 2 is 2.46 bits per heavy atom. The number of amides is 1. The van der Waals surface area contributed by atoms with E-state index in [0.29, 0.717) is 19.4 Å². The predicted octanol–water partition coefficient (Wildman–Crippen LogP) is -0.966. The van der Waals surface area contributed by atoms with Crippen LogP contribution in [0, 0.1) is 0 Å². The number of likely N-dealkylation sites (N-methyl/N-ethyl adjacent to an activating group) is 1. The van der Waals surface area contributed by atoms with Crippen molar-refractivity contribution in [2.75, 3.05) is 13.6 Å². The molecule has 2 fully saturated rings. The number of rotatable bonds is 1. The molecule has 5 nitrogen and oxygen atoms in total. The summed E-state index contributed by atoms with van der Waals surface area (Å²) >= 11 is 0. The standard InChI is InChI=1S/C8H12N2O3/c1-10-5(6(11)12)2-3-8(10)4-9-7(8)13/h5H,2-4H2,1H3,(H,9,13)(H,11,12). The molecular formula is C8H12N2O3. The van der Waals surface area contributed by atoms with E-state index in [1.54, 1.807) is 11.9 Å². The van der Waals surface area contributed by atoms with Gasteiger partial charge in [0.1, 0.15) is 11.6 Å². The normalized spacial score (nSPS) is 38.8. The summed E-state index contributed by atoms with van der Waals surface area (Å²) in [5.74, 6) is -0.863. The van der Waals surface area contributed by atoms with E-state index in [9.17, 15) is 9.59 Å². The van der Waals surface area contributed by atoms with Gasteiger partial charge in [-0.2, -0.15) is 0 Å². The van der Waals surface area contributed by atoms with E-state index in [0.717, 1.165) is 0 Å². The van der Waals surface area contributed by atoms with Gasteiger partial charge in [-0.25, -0.2) is 0 Å². The molecule has 72 valence electrons. The van der Waals surface area contributed by atoms with Crippen LogP contribution in [0.3, 0.4) is 0 Å². The van der Waals surface area contributed by atoms with Gasteiger partial charge in [0, 0.05) is 6.54 Å². The van der Waals surface area contributed by atoms with Gasteiger partial charge in [0.2, 0.25) is 5.91 Å². The van der Waals surface area contributed by atoms with E-state index in [2.05, 4.69) is 5.32 Å². The van der Waals surface area contributed by atoms with Crippen molar-refractivity contribution < 1.29 is 14.7 Å². The topological polar surface area (TPSA) is 69.6 Å². The number of hydrogen-bond acceptors (Lipinski definition) is 3. The molecule has 1 spiro atoms. The van der Waals surface area contributed by atoms with Gasteiger partial charge in [-0.15, -0.1) is 0 Å². The molecule has 0 bridgehead atoms. The number of carboxylic acids is 1. The van der Waals surface area contributed by atoms with Gasteiger partial charge >= 0.3 is 5.97 Å². The summed E-state index contributed by atoms with van der Waals surface area (Å²) in [6.07, 6.45) is 1.23. The van der Waals surface area contributed by atoms with Gasteiger partial charge in [0.15, 0.2) is 0 Å². The minimum Gasteiger partial charge on any atom is -0.480 e. The third-order valence-electron chi connectivity index (χ3n) is 3.22. The molecular weight excluding hydrogens is 172 g/mol. The Kier molecular flexibility index (Phi) is 1.60. The summed E-state index contributed by atoms with van der Waals surface area (Å²) in [6.45, 7) is 0.589. The fourth-order valence-electron chi connectivity index (χ4n) is 2.18. The molecule has 5 heteroatoms. The van der Waals surface area contributed by atoms with Crippen LogP contribution in [0.5, 0.6) is 0 Å². The van der Waals surface area contributed by atoms with Crippen LogP contribution in [0.15, 0.2) is 0 Å². The van der Waals surface area contributed by atoms with Crippen LogP contribution in [-0.2, 0) is 9.59 Å². The minimum absolute atomic E-state index is 0.0289. The Morgan fingerprint density at radius 3 is 2.69 bits per heavy atom. The minimum atomic E-state index is -0.834. The number of β-lactam (4-membered cyclic amide) rings is 1. The average Bonchev–Trinajstić information content (AvgIpc) is 2.42. The fourth-order valence-corrected chi connectivity index (χ4v) is 2.18. The van der Waals surface area contributed by atoms with Crippen molar-refractivity contribution in [3.05, 3.63) is 0 Å². The largest absolute Gasteiger partial charge is 0.480 e. The molecule has 2 atom stereocenters. The Bertz CT molecular complexity index is 279. The zero-order chi connectivity index (χ0) is 9.64. The molecule has 0 saturated carbocycles. The average molecular weight is 184 g/mol. The molecule has 2 unspecified atom stereocenters. The van der Waals surface area contributed by atoms with Crippen LogP contribution < -0.4 is 5.32 Å². The van der Waals surface area contributed by atoms with Gasteiger partial charge < -0.3 is 10.4 Å². The Morgan fingerprint density at radius 1 is 1.77 bits per heavy atom. The van der Waals surface area contributed by atoms with Gasteiger partial charge in [0.25, 0.3) is 0 Å².